The Balaban J connectivity index is 1.80. The van der Waals surface area contributed by atoms with Gasteiger partial charge in [0.2, 0.25) is 5.91 Å². The molecule has 2 N–H and O–H groups in total. The summed E-state index contributed by atoms with van der Waals surface area (Å²) in [5, 5.41) is 7.17. The third-order valence-corrected chi connectivity index (χ3v) is 4.02. The van der Waals surface area contributed by atoms with Gasteiger partial charge < -0.3 is 5.32 Å². The summed E-state index contributed by atoms with van der Waals surface area (Å²) in [5.41, 5.74) is 0.953. The van der Waals surface area contributed by atoms with Gasteiger partial charge in [0.1, 0.15) is 0 Å². The van der Waals surface area contributed by atoms with Crippen molar-refractivity contribution in [3.63, 3.8) is 0 Å². The van der Waals surface area contributed by atoms with Crippen LogP contribution >= 0.6 is 11.3 Å². The van der Waals surface area contributed by atoms with Gasteiger partial charge in [0.25, 0.3) is 0 Å². The molecule has 0 saturated carbocycles. The highest BCUT2D eigenvalue weighted by molar-refractivity contribution is 7.10. The minimum Gasteiger partial charge on any atom is -0.333 e. The zero-order chi connectivity index (χ0) is 14.8. The average Bonchev–Trinajstić information content (AvgIpc) is 2.72. The van der Waals surface area contributed by atoms with Crippen LogP contribution in [-0.4, -0.2) is 35.5 Å². The van der Waals surface area contributed by atoms with Crippen LogP contribution in [0.4, 0.5) is 4.79 Å². The van der Waals surface area contributed by atoms with Crippen LogP contribution in [0.3, 0.4) is 0 Å². The lowest BCUT2D eigenvalue weighted by Crippen LogP contribution is -2.50. The standard InChI is InChI=1S/C14H21N3O2S/c1-14(2,3)16-13(19)15-12(18)9-17-6-4-11-10(8-17)5-7-20-11/h5,7H,4,6,8-9H2,1-3H3,(H2,15,16,18,19). The van der Waals surface area contributed by atoms with Gasteiger partial charge >= 0.3 is 6.03 Å². The molecule has 20 heavy (non-hydrogen) atoms. The molecule has 0 unspecified atom stereocenters. The quantitative estimate of drug-likeness (QED) is 0.873. The van der Waals surface area contributed by atoms with Crippen LogP contribution in [0.25, 0.3) is 0 Å². The molecule has 0 radical (unpaired) electrons. The molecule has 110 valence electrons. The van der Waals surface area contributed by atoms with Crippen LogP contribution in [0.5, 0.6) is 0 Å². The second-order valence-corrected chi connectivity index (χ2v) is 7.08. The van der Waals surface area contributed by atoms with Crippen molar-refractivity contribution in [2.24, 2.45) is 0 Å². The van der Waals surface area contributed by atoms with Crippen molar-refractivity contribution < 1.29 is 9.59 Å². The van der Waals surface area contributed by atoms with E-state index in [2.05, 4.69) is 27.0 Å². The fourth-order valence-corrected chi connectivity index (χ4v) is 3.07. The minimum absolute atomic E-state index is 0.257. The monoisotopic (exact) mass is 295 g/mol. The molecule has 2 heterocycles. The van der Waals surface area contributed by atoms with Gasteiger partial charge in [-0.1, -0.05) is 0 Å². The van der Waals surface area contributed by atoms with Crippen molar-refractivity contribution in [3.05, 3.63) is 21.9 Å². The molecule has 0 spiro atoms. The lowest BCUT2D eigenvalue weighted by Gasteiger charge is -2.26. The maximum Gasteiger partial charge on any atom is 0.321 e. The highest BCUT2D eigenvalue weighted by atomic mass is 32.1. The number of carbonyl (C=O) groups excluding carboxylic acids is 2. The Hall–Kier alpha value is -1.40. The van der Waals surface area contributed by atoms with Crippen LogP contribution in [0.15, 0.2) is 11.4 Å². The van der Waals surface area contributed by atoms with E-state index in [0.29, 0.717) is 0 Å². The molecular weight excluding hydrogens is 274 g/mol. The molecule has 1 aromatic rings. The molecular formula is C14H21N3O2S. The first-order chi connectivity index (χ1) is 9.33. The topological polar surface area (TPSA) is 61.4 Å². The Morgan fingerprint density at radius 1 is 1.40 bits per heavy atom. The minimum atomic E-state index is -0.435. The second-order valence-electron chi connectivity index (χ2n) is 6.08. The molecule has 0 aromatic carbocycles. The Labute approximate surface area is 123 Å². The molecule has 6 heteroatoms. The fourth-order valence-electron chi connectivity index (χ4n) is 2.18. The SMILES string of the molecule is CC(C)(C)NC(=O)NC(=O)CN1CCc2sccc2C1. The summed E-state index contributed by atoms with van der Waals surface area (Å²) in [7, 11) is 0. The zero-order valence-electron chi connectivity index (χ0n) is 12.2. The predicted molar refractivity (Wildman–Crippen MR) is 79.7 cm³/mol. The van der Waals surface area contributed by atoms with Gasteiger partial charge in [-0.05, 0) is 44.2 Å². The van der Waals surface area contributed by atoms with Gasteiger partial charge in [-0.3, -0.25) is 15.0 Å². The lowest BCUT2D eigenvalue weighted by atomic mass is 10.1. The molecule has 1 aliphatic rings. The number of amides is 3. The van der Waals surface area contributed by atoms with E-state index in [9.17, 15) is 9.59 Å². The third kappa shape index (κ3) is 4.31. The van der Waals surface area contributed by atoms with Crippen molar-refractivity contribution in [1.82, 2.24) is 15.5 Å². The van der Waals surface area contributed by atoms with Crippen LogP contribution in [0.1, 0.15) is 31.2 Å². The van der Waals surface area contributed by atoms with E-state index in [1.165, 1.54) is 10.4 Å². The summed E-state index contributed by atoms with van der Waals surface area (Å²) in [4.78, 5) is 26.9. The van der Waals surface area contributed by atoms with E-state index >= 15 is 0 Å². The van der Waals surface area contributed by atoms with Crippen molar-refractivity contribution >= 4 is 23.3 Å². The van der Waals surface area contributed by atoms with Crippen molar-refractivity contribution in [2.75, 3.05) is 13.1 Å². The first-order valence-corrected chi connectivity index (χ1v) is 7.61. The number of thiophene rings is 1. The maximum atomic E-state index is 11.8. The number of urea groups is 1. The molecule has 0 saturated heterocycles. The van der Waals surface area contributed by atoms with Crippen molar-refractivity contribution in [1.29, 1.82) is 0 Å². The van der Waals surface area contributed by atoms with E-state index in [1.54, 1.807) is 11.3 Å². The number of imide groups is 1. The summed E-state index contributed by atoms with van der Waals surface area (Å²) >= 11 is 1.77. The summed E-state index contributed by atoms with van der Waals surface area (Å²) in [6, 6.07) is 1.67. The van der Waals surface area contributed by atoms with Crippen LogP contribution in [-0.2, 0) is 17.8 Å². The first-order valence-electron chi connectivity index (χ1n) is 6.73. The third-order valence-electron chi connectivity index (χ3n) is 3.00. The fraction of sp³-hybridized carbons (Fsp3) is 0.571. The number of hydrogen-bond acceptors (Lipinski definition) is 4. The van der Waals surface area contributed by atoms with Gasteiger partial charge in [0.05, 0.1) is 6.54 Å². The smallest absolute Gasteiger partial charge is 0.321 e. The summed E-state index contributed by atoms with van der Waals surface area (Å²) in [5.74, 6) is -0.259. The highest BCUT2D eigenvalue weighted by Gasteiger charge is 2.21. The molecule has 3 amide bonds. The molecule has 5 nitrogen and oxygen atoms in total. The van der Waals surface area contributed by atoms with Crippen LogP contribution < -0.4 is 10.6 Å². The molecule has 0 atom stereocenters. The molecule has 0 bridgehead atoms. The van der Waals surface area contributed by atoms with Gasteiger partial charge in [-0.2, -0.15) is 0 Å². The second kappa shape index (κ2) is 5.93. The normalized spacial score (nSPS) is 15.6. The van der Waals surface area contributed by atoms with Gasteiger partial charge in [0, 0.05) is 23.5 Å². The predicted octanol–water partition coefficient (Wildman–Crippen LogP) is 1.73. The number of carbonyl (C=O) groups is 2. The first kappa shape index (κ1) is 15.0. The van der Waals surface area contributed by atoms with Gasteiger partial charge in [0.15, 0.2) is 0 Å². The maximum absolute atomic E-state index is 11.8. The molecule has 0 fully saturated rings. The molecule has 0 aliphatic carbocycles. The van der Waals surface area contributed by atoms with Gasteiger partial charge in [-0.25, -0.2) is 4.79 Å². The Morgan fingerprint density at radius 3 is 2.85 bits per heavy atom. The Morgan fingerprint density at radius 2 is 2.15 bits per heavy atom. The van der Waals surface area contributed by atoms with E-state index < -0.39 is 6.03 Å². The zero-order valence-corrected chi connectivity index (χ0v) is 13.0. The van der Waals surface area contributed by atoms with E-state index in [0.717, 1.165) is 19.5 Å². The number of nitrogens with zero attached hydrogens (tertiary/aromatic N) is 1. The Bertz CT molecular complexity index is 505. The van der Waals surface area contributed by atoms with Crippen LogP contribution in [0, 0.1) is 0 Å². The number of hydrogen-bond donors (Lipinski definition) is 2. The Kier molecular flexibility index (Phi) is 4.45. The number of fused-ring (bicyclic) bond motifs is 1. The molecule has 1 aliphatic heterocycles. The number of rotatable bonds is 2. The van der Waals surface area contributed by atoms with E-state index in [-0.39, 0.29) is 18.0 Å². The highest BCUT2D eigenvalue weighted by Crippen LogP contribution is 2.23. The summed E-state index contributed by atoms with van der Waals surface area (Å²) in [6.07, 6.45) is 0.981. The van der Waals surface area contributed by atoms with Crippen LogP contribution in [0.2, 0.25) is 0 Å². The number of nitrogens with one attached hydrogen (secondary N) is 2. The average molecular weight is 295 g/mol. The summed E-state index contributed by atoms with van der Waals surface area (Å²) in [6.45, 7) is 7.53. The lowest BCUT2D eigenvalue weighted by molar-refractivity contribution is -0.121. The largest absolute Gasteiger partial charge is 0.333 e. The molecule has 2 rings (SSSR count). The van der Waals surface area contributed by atoms with E-state index in [4.69, 9.17) is 0 Å². The summed E-state index contributed by atoms with van der Waals surface area (Å²) < 4.78 is 0. The molecule has 1 aromatic heterocycles. The van der Waals surface area contributed by atoms with Crippen molar-refractivity contribution in [3.8, 4) is 0 Å². The van der Waals surface area contributed by atoms with Crippen molar-refractivity contribution in [2.45, 2.75) is 39.3 Å². The van der Waals surface area contributed by atoms with Gasteiger partial charge in [-0.15, -0.1) is 11.3 Å². The van der Waals surface area contributed by atoms with E-state index in [1.807, 2.05) is 20.8 Å².